The van der Waals surface area contributed by atoms with Crippen LogP contribution in [0.25, 0.3) is 27.7 Å². The normalized spacial score (nSPS) is 19.1. The Morgan fingerprint density at radius 1 is 0.895 bits per heavy atom. The third kappa shape index (κ3) is 4.65. The molecule has 1 saturated heterocycles. The van der Waals surface area contributed by atoms with Crippen molar-refractivity contribution < 1.29 is 0 Å². The Bertz CT molecular complexity index is 1600. The molecule has 1 aliphatic rings. The molecule has 5 heterocycles. The first-order valence-corrected chi connectivity index (χ1v) is 13.9. The van der Waals surface area contributed by atoms with Crippen molar-refractivity contribution in [1.82, 2.24) is 34.3 Å². The van der Waals surface area contributed by atoms with Crippen LogP contribution in [0.2, 0.25) is 0 Å². The molecule has 0 spiro atoms. The number of fused-ring (bicyclic) bond motifs is 2. The smallest absolute Gasteiger partial charge is 0.200 e. The second kappa shape index (κ2) is 9.39. The van der Waals surface area contributed by atoms with E-state index >= 15 is 0 Å². The molecule has 38 heavy (non-hydrogen) atoms. The lowest BCUT2D eigenvalue weighted by molar-refractivity contribution is 0.0361. The van der Waals surface area contributed by atoms with Crippen LogP contribution in [0.3, 0.4) is 0 Å². The molecule has 8 nitrogen and oxygen atoms in total. The number of piperazine rings is 1. The molecule has 1 fully saturated rings. The summed E-state index contributed by atoms with van der Waals surface area (Å²) in [7, 11) is 1.93. The minimum absolute atomic E-state index is 0.156. The van der Waals surface area contributed by atoms with E-state index in [2.05, 4.69) is 96.2 Å². The number of anilines is 1. The van der Waals surface area contributed by atoms with Gasteiger partial charge >= 0.3 is 0 Å². The van der Waals surface area contributed by atoms with Gasteiger partial charge in [-0.05, 0) is 82.8 Å². The van der Waals surface area contributed by atoms with Gasteiger partial charge in [0.15, 0.2) is 10.8 Å². The lowest BCUT2D eigenvalue weighted by atomic mass is 9.96. The predicted molar refractivity (Wildman–Crippen MR) is 154 cm³/mol. The van der Waals surface area contributed by atoms with Gasteiger partial charge in [0, 0.05) is 71.6 Å². The largest absolute Gasteiger partial charge is 0.367 e. The molecule has 1 aliphatic heterocycles. The maximum absolute atomic E-state index is 4.80. The van der Waals surface area contributed by atoms with Crippen LogP contribution >= 0.6 is 11.8 Å². The molecule has 0 radical (unpaired) electrons. The number of aromatic nitrogens is 6. The second-order valence-corrected chi connectivity index (χ2v) is 12.4. The Kier molecular flexibility index (Phi) is 6.15. The van der Waals surface area contributed by atoms with Crippen LogP contribution in [0.4, 0.5) is 5.69 Å². The van der Waals surface area contributed by atoms with Crippen molar-refractivity contribution in [3.05, 3.63) is 61.2 Å². The van der Waals surface area contributed by atoms with Crippen molar-refractivity contribution >= 4 is 34.0 Å². The highest BCUT2D eigenvalue weighted by molar-refractivity contribution is 7.99. The summed E-state index contributed by atoms with van der Waals surface area (Å²) in [5.74, 6) is 0. The molecule has 0 aliphatic carbocycles. The fourth-order valence-corrected chi connectivity index (χ4v) is 6.84. The van der Waals surface area contributed by atoms with Gasteiger partial charge in [-0.1, -0.05) is 0 Å². The zero-order valence-electron chi connectivity index (χ0n) is 22.8. The van der Waals surface area contributed by atoms with Crippen LogP contribution in [0.5, 0.6) is 0 Å². The summed E-state index contributed by atoms with van der Waals surface area (Å²) < 4.78 is 3.86. The Morgan fingerprint density at radius 2 is 1.68 bits per heavy atom. The van der Waals surface area contributed by atoms with E-state index < -0.39 is 0 Å². The van der Waals surface area contributed by atoms with Crippen LogP contribution in [-0.2, 0) is 7.05 Å². The SMILES string of the molecule is CC1CN(c2cnc3ccc(Sc4nnc5ccc(-c6cnn(C)c6)cn45)cc3c2)CC(C)N1C(C)(C)C. The van der Waals surface area contributed by atoms with Crippen molar-refractivity contribution in [2.45, 2.75) is 62.3 Å². The Hall–Kier alpha value is -3.43. The summed E-state index contributed by atoms with van der Waals surface area (Å²) in [6, 6.07) is 13.7. The van der Waals surface area contributed by atoms with Crippen molar-refractivity contribution in [1.29, 1.82) is 0 Å². The number of benzene rings is 1. The lowest BCUT2D eigenvalue weighted by Gasteiger charge is -2.51. The van der Waals surface area contributed by atoms with Gasteiger partial charge in [0.25, 0.3) is 0 Å². The maximum atomic E-state index is 4.80. The van der Waals surface area contributed by atoms with Crippen LogP contribution in [-0.4, -0.2) is 65.0 Å². The maximum Gasteiger partial charge on any atom is 0.200 e. The number of hydrogen-bond acceptors (Lipinski definition) is 7. The predicted octanol–water partition coefficient (Wildman–Crippen LogP) is 5.53. The topological polar surface area (TPSA) is 67.4 Å². The van der Waals surface area contributed by atoms with E-state index in [4.69, 9.17) is 4.98 Å². The molecule has 4 aromatic heterocycles. The summed E-state index contributed by atoms with van der Waals surface area (Å²) in [5, 5.41) is 15.1. The van der Waals surface area contributed by atoms with E-state index in [0.717, 1.165) is 50.8 Å². The van der Waals surface area contributed by atoms with Crippen molar-refractivity contribution in [2.75, 3.05) is 18.0 Å². The number of rotatable bonds is 4. The minimum atomic E-state index is 0.156. The van der Waals surface area contributed by atoms with Gasteiger partial charge in [-0.2, -0.15) is 5.10 Å². The molecule has 5 aromatic rings. The van der Waals surface area contributed by atoms with Gasteiger partial charge in [0.05, 0.1) is 23.6 Å². The van der Waals surface area contributed by atoms with Crippen molar-refractivity contribution in [3.8, 4) is 11.1 Å². The highest BCUT2D eigenvalue weighted by Crippen LogP contribution is 2.33. The first-order chi connectivity index (χ1) is 18.2. The molecule has 6 rings (SSSR count). The highest BCUT2D eigenvalue weighted by atomic mass is 32.2. The second-order valence-electron chi connectivity index (χ2n) is 11.4. The van der Waals surface area contributed by atoms with Gasteiger partial charge in [-0.3, -0.25) is 19.0 Å². The summed E-state index contributed by atoms with van der Waals surface area (Å²) >= 11 is 1.61. The van der Waals surface area contributed by atoms with Crippen molar-refractivity contribution in [2.24, 2.45) is 7.05 Å². The van der Waals surface area contributed by atoms with E-state index in [1.54, 1.807) is 11.8 Å². The molecule has 0 bridgehead atoms. The van der Waals surface area contributed by atoms with Crippen molar-refractivity contribution in [3.63, 3.8) is 0 Å². The average Bonchev–Trinajstić information content (AvgIpc) is 3.48. The lowest BCUT2D eigenvalue weighted by Crippen LogP contribution is -2.62. The Balaban J connectivity index is 1.27. The summed E-state index contributed by atoms with van der Waals surface area (Å²) in [4.78, 5) is 11.0. The van der Waals surface area contributed by atoms with Crippen LogP contribution in [0.1, 0.15) is 34.6 Å². The fourth-order valence-electron chi connectivity index (χ4n) is 5.98. The Morgan fingerprint density at radius 3 is 2.39 bits per heavy atom. The standard InChI is InChI=1S/C29H34N8S/c1-19-15-35(16-20(2)37(19)29(3,4)5)24-11-22-12-25(8-9-26(22)30-14-24)38-28-33-32-27-10-7-21(18-36(27)28)23-13-31-34(6)17-23/h7-14,17-20H,15-16H2,1-6H3. The van der Waals surface area contributed by atoms with Gasteiger partial charge in [-0.25, -0.2) is 0 Å². The van der Waals surface area contributed by atoms with E-state index in [1.807, 2.05) is 40.8 Å². The highest BCUT2D eigenvalue weighted by Gasteiger charge is 2.36. The molecule has 1 aromatic carbocycles. The van der Waals surface area contributed by atoms with Gasteiger partial charge < -0.3 is 4.90 Å². The molecule has 0 amide bonds. The molecule has 0 N–H and O–H groups in total. The molecule has 2 unspecified atom stereocenters. The minimum Gasteiger partial charge on any atom is -0.367 e. The van der Waals surface area contributed by atoms with E-state index in [-0.39, 0.29) is 5.54 Å². The first kappa shape index (κ1) is 24.9. The van der Waals surface area contributed by atoms with E-state index in [9.17, 15) is 0 Å². The monoisotopic (exact) mass is 526 g/mol. The van der Waals surface area contributed by atoms with E-state index in [1.165, 1.54) is 5.69 Å². The molecular weight excluding hydrogens is 492 g/mol. The summed E-state index contributed by atoms with van der Waals surface area (Å²) in [6.45, 7) is 13.6. The molecular formula is C29H34N8S. The van der Waals surface area contributed by atoms with Crippen LogP contribution in [0, 0.1) is 0 Å². The number of nitrogens with zero attached hydrogens (tertiary/aromatic N) is 8. The fraction of sp³-hybridized carbons (Fsp3) is 0.379. The van der Waals surface area contributed by atoms with E-state index in [0.29, 0.717) is 12.1 Å². The van der Waals surface area contributed by atoms with Crippen LogP contribution in [0.15, 0.2) is 71.2 Å². The summed E-state index contributed by atoms with van der Waals surface area (Å²) in [5.41, 5.74) is 5.30. The first-order valence-electron chi connectivity index (χ1n) is 13.1. The third-order valence-corrected chi connectivity index (χ3v) is 8.27. The summed E-state index contributed by atoms with van der Waals surface area (Å²) in [6.07, 6.45) is 7.98. The number of aryl methyl sites for hydroxylation is 1. The van der Waals surface area contributed by atoms with Gasteiger partial charge in [0.1, 0.15) is 0 Å². The zero-order chi connectivity index (χ0) is 26.6. The molecule has 0 saturated carbocycles. The van der Waals surface area contributed by atoms with Gasteiger partial charge in [-0.15, -0.1) is 10.2 Å². The van der Waals surface area contributed by atoms with Crippen LogP contribution < -0.4 is 4.90 Å². The quantitative estimate of drug-likeness (QED) is 0.305. The molecule has 2 atom stereocenters. The Labute approximate surface area is 227 Å². The van der Waals surface area contributed by atoms with Gasteiger partial charge in [0.2, 0.25) is 0 Å². The number of hydrogen-bond donors (Lipinski definition) is 0. The number of pyridine rings is 2. The average molecular weight is 527 g/mol. The molecule has 196 valence electrons. The zero-order valence-corrected chi connectivity index (χ0v) is 23.6. The molecule has 9 heteroatoms. The third-order valence-electron chi connectivity index (χ3n) is 7.32.